The van der Waals surface area contributed by atoms with Crippen LogP contribution in [-0.2, 0) is 0 Å². The molecule has 0 fully saturated rings. The van der Waals surface area contributed by atoms with Gasteiger partial charge in [0, 0.05) is 10.0 Å². The molecular formula is C15H14Cl2FN. The number of aryl methyl sites for hydroxylation is 1. The molecular weight excluding hydrogens is 284 g/mol. The summed E-state index contributed by atoms with van der Waals surface area (Å²) in [5.74, 6) is -0.275. The van der Waals surface area contributed by atoms with Crippen LogP contribution in [0.15, 0.2) is 36.4 Å². The Bertz CT molecular complexity index is 599. The summed E-state index contributed by atoms with van der Waals surface area (Å²) >= 11 is 12.0. The first kappa shape index (κ1) is 14.2. The molecule has 0 saturated carbocycles. The molecule has 0 bridgehead atoms. The molecule has 0 radical (unpaired) electrons. The molecule has 0 aromatic heterocycles. The average molecular weight is 298 g/mol. The number of rotatable bonds is 3. The van der Waals surface area contributed by atoms with Crippen molar-refractivity contribution in [2.45, 2.75) is 19.9 Å². The van der Waals surface area contributed by atoms with E-state index in [-0.39, 0.29) is 11.9 Å². The lowest BCUT2D eigenvalue weighted by Crippen LogP contribution is -2.08. The number of hydrogen-bond acceptors (Lipinski definition) is 1. The third-order valence-corrected chi connectivity index (χ3v) is 3.49. The lowest BCUT2D eigenvalue weighted by Gasteiger charge is -2.18. The van der Waals surface area contributed by atoms with E-state index in [2.05, 4.69) is 5.32 Å². The summed E-state index contributed by atoms with van der Waals surface area (Å²) in [7, 11) is 0. The summed E-state index contributed by atoms with van der Waals surface area (Å²) in [4.78, 5) is 0. The van der Waals surface area contributed by atoms with Gasteiger partial charge in [-0.1, -0.05) is 35.3 Å². The van der Waals surface area contributed by atoms with Crippen molar-refractivity contribution in [3.8, 4) is 0 Å². The zero-order valence-corrected chi connectivity index (χ0v) is 12.2. The molecule has 0 aliphatic carbocycles. The highest BCUT2D eigenvalue weighted by atomic mass is 35.5. The minimum atomic E-state index is -0.275. The van der Waals surface area contributed by atoms with Crippen LogP contribution in [0.1, 0.15) is 24.1 Å². The molecule has 0 amide bonds. The van der Waals surface area contributed by atoms with Crippen molar-refractivity contribution >= 4 is 28.9 Å². The van der Waals surface area contributed by atoms with Crippen molar-refractivity contribution < 1.29 is 4.39 Å². The minimum Gasteiger partial charge on any atom is -0.376 e. The quantitative estimate of drug-likeness (QED) is 0.776. The van der Waals surface area contributed by atoms with Crippen molar-refractivity contribution in [1.29, 1.82) is 0 Å². The third-order valence-electron chi connectivity index (χ3n) is 2.92. The molecule has 2 aromatic carbocycles. The van der Waals surface area contributed by atoms with E-state index in [1.54, 1.807) is 24.3 Å². The fourth-order valence-corrected chi connectivity index (χ4v) is 2.49. The Balaban J connectivity index is 2.25. The van der Waals surface area contributed by atoms with Crippen LogP contribution >= 0.6 is 23.2 Å². The largest absolute Gasteiger partial charge is 0.376 e. The second-order valence-corrected chi connectivity index (χ2v) is 5.36. The highest BCUT2D eigenvalue weighted by Crippen LogP contribution is 2.29. The molecule has 19 heavy (non-hydrogen) atoms. The molecule has 1 nitrogen and oxygen atoms in total. The Morgan fingerprint density at radius 2 is 1.84 bits per heavy atom. The number of hydrogen-bond donors (Lipinski definition) is 1. The van der Waals surface area contributed by atoms with Gasteiger partial charge in [-0.3, -0.25) is 0 Å². The zero-order chi connectivity index (χ0) is 14.0. The van der Waals surface area contributed by atoms with Crippen LogP contribution < -0.4 is 5.32 Å². The van der Waals surface area contributed by atoms with E-state index >= 15 is 0 Å². The van der Waals surface area contributed by atoms with Crippen LogP contribution in [0, 0.1) is 12.7 Å². The molecule has 0 spiro atoms. The molecule has 1 N–H and O–H groups in total. The van der Waals surface area contributed by atoms with Gasteiger partial charge >= 0.3 is 0 Å². The van der Waals surface area contributed by atoms with Gasteiger partial charge in [0.2, 0.25) is 0 Å². The van der Waals surface area contributed by atoms with E-state index in [1.807, 2.05) is 19.9 Å². The predicted octanol–water partition coefficient (Wildman–Crippen LogP) is 5.61. The van der Waals surface area contributed by atoms with Gasteiger partial charge in [0.05, 0.1) is 11.7 Å². The molecule has 0 aliphatic rings. The maximum atomic E-state index is 13.7. The van der Waals surface area contributed by atoms with Crippen LogP contribution in [0.25, 0.3) is 0 Å². The van der Waals surface area contributed by atoms with E-state index in [0.29, 0.717) is 15.7 Å². The lowest BCUT2D eigenvalue weighted by molar-refractivity contribution is 0.627. The molecule has 100 valence electrons. The molecule has 0 saturated heterocycles. The third kappa shape index (κ3) is 3.40. The molecule has 4 heteroatoms. The van der Waals surface area contributed by atoms with E-state index in [9.17, 15) is 4.39 Å². The standard InChI is InChI=1S/C15H14Cl2FN/c1-9-3-6-14(18)15(7-9)19-10(2)12-5-4-11(16)8-13(12)17/h3-8,10,19H,1-2H3. The van der Waals surface area contributed by atoms with E-state index in [4.69, 9.17) is 23.2 Å². The predicted molar refractivity (Wildman–Crippen MR) is 79.6 cm³/mol. The summed E-state index contributed by atoms with van der Waals surface area (Å²) in [5.41, 5.74) is 2.35. The summed E-state index contributed by atoms with van der Waals surface area (Å²) in [6.07, 6.45) is 0. The van der Waals surface area contributed by atoms with Gasteiger partial charge < -0.3 is 5.32 Å². The van der Waals surface area contributed by atoms with E-state index in [0.717, 1.165) is 11.1 Å². The molecule has 0 heterocycles. The van der Waals surface area contributed by atoms with Crippen molar-refractivity contribution in [2.75, 3.05) is 5.32 Å². The monoisotopic (exact) mass is 297 g/mol. The van der Waals surface area contributed by atoms with Crippen LogP contribution in [0.4, 0.5) is 10.1 Å². The summed E-state index contributed by atoms with van der Waals surface area (Å²) in [6, 6.07) is 10.2. The molecule has 1 atom stereocenters. The van der Waals surface area contributed by atoms with Gasteiger partial charge in [0.15, 0.2) is 0 Å². The maximum absolute atomic E-state index is 13.7. The van der Waals surface area contributed by atoms with Crippen LogP contribution in [0.5, 0.6) is 0 Å². The topological polar surface area (TPSA) is 12.0 Å². The van der Waals surface area contributed by atoms with Gasteiger partial charge in [0.25, 0.3) is 0 Å². The van der Waals surface area contributed by atoms with Crippen LogP contribution in [-0.4, -0.2) is 0 Å². The van der Waals surface area contributed by atoms with E-state index < -0.39 is 0 Å². The maximum Gasteiger partial charge on any atom is 0.146 e. The summed E-state index contributed by atoms with van der Waals surface area (Å²) < 4.78 is 13.7. The van der Waals surface area contributed by atoms with E-state index in [1.165, 1.54) is 6.07 Å². The fourth-order valence-electron chi connectivity index (χ4n) is 1.91. The first-order chi connectivity index (χ1) is 8.97. The summed E-state index contributed by atoms with van der Waals surface area (Å²) in [5, 5.41) is 4.28. The fraction of sp³-hybridized carbons (Fsp3) is 0.200. The van der Waals surface area contributed by atoms with Crippen LogP contribution in [0.2, 0.25) is 10.0 Å². The normalized spacial score (nSPS) is 12.3. The minimum absolute atomic E-state index is 0.110. The Hall–Kier alpha value is -1.25. The first-order valence-electron chi connectivity index (χ1n) is 5.95. The second-order valence-electron chi connectivity index (χ2n) is 4.52. The van der Waals surface area contributed by atoms with Crippen molar-refractivity contribution in [2.24, 2.45) is 0 Å². The highest BCUT2D eigenvalue weighted by Gasteiger charge is 2.12. The molecule has 2 rings (SSSR count). The summed E-state index contributed by atoms with van der Waals surface area (Å²) in [6.45, 7) is 3.85. The lowest BCUT2D eigenvalue weighted by atomic mass is 10.1. The number of nitrogens with one attached hydrogen (secondary N) is 1. The zero-order valence-electron chi connectivity index (χ0n) is 10.7. The number of benzene rings is 2. The Labute approximate surface area is 122 Å². The highest BCUT2D eigenvalue weighted by molar-refractivity contribution is 6.35. The Morgan fingerprint density at radius 3 is 2.53 bits per heavy atom. The van der Waals surface area contributed by atoms with Crippen molar-refractivity contribution in [3.05, 3.63) is 63.4 Å². The van der Waals surface area contributed by atoms with Crippen molar-refractivity contribution in [1.82, 2.24) is 0 Å². The van der Waals surface area contributed by atoms with Gasteiger partial charge in [-0.25, -0.2) is 4.39 Å². The van der Waals surface area contributed by atoms with Gasteiger partial charge in [0.1, 0.15) is 5.82 Å². The Kier molecular flexibility index (Phi) is 4.33. The average Bonchev–Trinajstić information content (AvgIpc) is 2.33. The Morgan fingerprint density at radius 1 is 1.11 bits per heavy atom. The van der Waals surface area contributed by atoms with Gasteiger partial charge in [-0.2, -0.15) is 0 Å². The molecule has 0 aliphatic heterocycles. The first-order valence-corrected chi connectivity index (χ1v) is 6.70. The van der Waals surface area contributed by atoms with Crippen LogP contribution in [0.3, 0.4) is 0 Å². The number of anilines is 1. The van der Waals surface area contributed by atoms with Crippen molar-refractivity contribution in [3.63, 3.8) is 0 Å². The number of halogens is 3. The van der Waals surface area contributed by atoms with Gasteiger partial charge in [-0.15, -0.1) is 0 Å². The molecule has 1 unspecified atom stereocenters. The SMILES string of the molecule is Cc1ccc(F)c(NC(C)c2ccc(Cl)cc2Cl)c1. The van der Waals surface area contributed by atoms with Gasteiger partial charge in [-0.05, 0) is 49.2 Å². The molecule has 2 aromatic rings. The second kappa shape index (κ2) is 5.81. The smallest absolute Gasteiger partial charge is 0.146 e.